The Kier molecular flexibility index (Phi) is 7.24. The van der Waals surface area contributed by atoms with Gasteiger partial charge >= 0.3 is 5.97 Å². The number of morpholine rings is 1. The first-order chi connectivity index (χ1) is 15.5. The Labute approximate surface area is 191 Å². The van der Waals surface area contributed by atoms with Gasteiger partial charge in [0.15, 0.2) is 0 Å². The second-order valence-corrected chi connectivity index (χ2v) is 10.9. The maximum absolute atomic E-state index is 13.1. The zero-order valence-electron chi connectivity index (χ0n) is 17.6. The molecule has 3 heterocycles. The highest BCUT2D eigenvalue weighted by Gasteiger charge is 2.36. The van der Waals surface area contributed by atoms with Crippen molar-refractivity contribution in [3.8, 4) is 0 Å². The number of ether oxygens (including phenoxy) is 2. The van der Waals surface area contributed by atoms with E-state index in [4.69, 9.17) is 9.47 Å². The van der Waals surface area contributed by atoms with E-state index in [1.54, 1.807) is 46.7 Å². The third kappa shape index (κ3) is 5.03. The molecule has 0 bridgehead atoms. The van der Waals surface area contributed by atoms with Gasteiger partial charge in [-0.15, -0.1) is 11.3 Å². The van der Waals surface area contributed by atoms with Gasteiger partial charge < -0.3 is 14.4 Å². The molecule has 1 unspecified atom stereocenters. The lowest BCUT2D eigenvalue weighted by atomic mass is 9.98. The summed E-state index contributed by atoms with van der Waals surface area (Å²) in [7, 11) is -3.53. The van der Waals surface area contributed by atoms with E-state index in [2.05, 4.69) is 0 Å². The van der Waals surface area contributed by atoms with Crippen molar-refractivity contribution in [3.63, 3.8) is 0 Å². The van der Waals surface area contributed by atoms with E-state index in [1.807, 2.05) is 6.07 Å². The van der Waals surface area contributed by atoms with Crippen molar-refractivity contribution in [2.75, 3.05) is 39.4 Å². The summed E-state index contributed by atoms with van der Waals surface area (Å²) in [6.45, 7) is 2.31. The number of rotatable bonds is 6. The van der Waals surface area contributed by atoms with E-state index in [1.165, 1.54) is 15.6 Å². The fourth-order valence-corrected chi connectivity index (χ4v) is 6.53. The standard InChI is InChI=1S/C22H26N2O6S2/c25-21(23-12-14-29-15-13-23)20(17-5-2-1-3-6-17)30-22(26)18-8-10-24(11-9-18)32(27,28)19-7-4-16-31-19/h1-7,16,18,20H,8-15H2. The van der Waals surface area contributed by atoms with Crippen LogP contribution in [0.5, 0.6) is 0 Å². The van der Waals surface area contributed by atoms with E-state index in [9.17, 15) is 18.0 Å². The van der Waals surface area contributed by atoms with Crippen LogP contribution >= 0.6 is 11.3 Å². The number of hydrogen-bond acceptors (Lipinski definition) is 7. The number of amides is 1. The number of hydrogen-bond donors (Lipinski definition) is 0. The predicted molar refractivity (Wildman–Crippen MR) is 118 cm³/mol. The van der Waals surface area contributed by atoms with Crippen LogP contribution in [0.3, 0.4) is 0 Å². The molecule has 0 radical (unpaired) electrons. The Bertz CT molecular complexity index is 1010. The molecular formula is C22H26N2O6S2. The minimum absolute atomic E-state index is 0.243. The van der Waals surface area contributed by atoms with Crippen molar-refractivity contribution < 1.29 is 27.5 Å². The van der Waals surface area contributed by atoms with Gasteiger partial charge in [-0.05, 0) is 24.3 Å². The highest BCUT2D eigenvalue weighted by Crippen LogP contribution is 2.29. The molecule has 10 heteroatoms. The van der Waals surface area contributed by atoms with Gasteiger partial charge in [0.05, 0.1) is 19.1 Å². The Morgan fingerprint density at radius 2 is 1.69 bits per heavy atom. The number of esters is 1. The quantitative estimate of drug-likeness (QED) is 0.592. The Morgan fingerprint density at radius 3 is 2.31 bits per heavy atom. The minimum atomic E-state index is -3.53. The molecule has 32 heavy (non-hydrogen) atoms. The lowest BCUT2D eigenvalue weighted by Gasteiger charge is -2.32. The van der Waals surface area contributed by atoms with Crippen molar-refractivity contribution >= 4 is 33.2 Å². The third-order valence-electron chi connectivity index (χ3n) is 5.76. The number of benzene rings is 1. The molecular weight excluding hydrogens is 452 g/mol. The van der Waals surface area contributed by atoms with Crippen LogP contribution in [0.4, 0.5) is 0 Å². The molecule has 2 aromatic rings. The van der Waals surface area contributed by atoms with E-state index < -0.39 is 28.0 Å². The predicted octanol–water partition coefficient (Wildman–Crippen LogP) is 2.29. The fraction of sp³-hybridized carbons (Fsp3) is 0.455. The zero-order chi connectivity index (χ0) is 22.6. The molecule has 1 aromatic carbocycles. The van der Waals surface area contributed by atoms with Crippen LogP contribution in [-0.4, -0.2) is 68.9 Å². The summed E-state index contributed by atoms with van der Waals surface area (Å²) in [4.78, 5) is 27.8. The second kappa shape index (κ2) is 10.1. The average molecular weight is 479 g/mol. The Balaban J connectivity index is 1.42. The molecule has 0 saturated carbocycles. The molecule has 2 fully saturated rings. The van der Waals surface area contributed by atoms with Gasteiger partial charge in [-0.1, -0.05) is 36.4 Å². The summed E-state index contributed by atoms with van der Waals surface area (Å²) in [5, 5.41) is 1.73. The number of sulfonamides is 1. The Hall–Kier alpha value is -2.27. The van der Waals surface area contributed by atoms with E-state index >= 15 is 0 Å². The summed E-state index contributed by atoms with van der Waals surface area (Å²) in [5.74, 6) is -1.17. The molecule has 2 saturated heterocycles. The maximum Gasteiger partial charge on any atom is 0.310 e. The summed E-state index contributed by atoms with van der Waals surface area (Å²) in [6.07, 6.45) is -0.303. The van der Waals surface area contributed by atoms with Crippen LogP contribution in [0.15, 0.2) is 52.1 Å². The first-order valence-corrected chi connectivity index (χ1v) is 12.9. The van der Waals surface area contributed by atoms with Gasteiger partial charge in [0, 0.05) is 31.7 Å². The van der Waals surface area contributed by atoms with Gasteiger partial charge in [-0.25, -0.2) is 8.42 Å². The molecule has 4 rings (SSSR count). The Morgan fingerprint density at radius 1 is 1.00 bits per heavy atom. The number of thiophene rings is 1. The molecule has 0 spiro atoms. The highest BCUT2D eigenvalue weighted by molar-refractivity contribution is 7.91. The van der Waals surface area contributed by atoms with Gasteiger partial charge in [-0.3, -0.25) is 9.59 Å². The van der Waals surface area contributed by atoms with E-state index in [0.717, 1.165) is 0 Å². The molecule has 1 aromatic heterocycles. The maximum atomic E-state index is 13.1. The van der Waals surface area contributed by atoms with Crippen LogP contribution in [0.1, 0.15) is 24.5 Å². The first kappa shape index (κ1) is 22.9. The molecule has 2 aliphatic heterocycles. The highest BCUT2D eigenvalue weighted by atomic mass is 32.2. The van der Waals surface area contributed by atoms with Crippen LogP contribution in [0.25, 0.3) is 0 Å². The normalized spacial score (nSPS) is 19.4. The molecule has 172 valence electrons. The second-order valence-electron chi connectivity index (χ2n) is 7.78. The van der Waals surface area contributed by atoms with Crippen LogP contribution in [0.2, 0.25) is 0 Å². The van der Waals surface area contributed by atoms with Crippen LogP contribution in [0, 0.1) is 5.92 Å². The number of piperidine rings is 1. The van der Waals surface area contributed by atoms with Crippen LogP contribution in [-0.2, 0) is 29.1 Å². The summed E-state index contributed by atoms with van der Waals surface area (Å²) >= 11 is 1.18. The molecule has 1 amide bonds. The van der Waals surface area contributed by atoms with Crippen LogP contribution < -0.4 is 0 Å². The zero-order valence-corrected chi connectivity index (χ0v) is 19.2. The number of nitrogens with zero attached hydrogens (tertiary/aromatic N) is 2. The molecule has 0 N–H and O–H groups in total. The summed E-state index contributed by atoms with van der Waals surface area (Å²) < 4.78 is 38.2. The monoisotopic (exact) mass is 478 g/mol. The van der Waals surface area contributed by atoms with Crippen molar-refractivity contribution in [3.05, 3.63) is 53.4 Å². The minimum Gasteiger partial charge on any atom is -0.447 e. The van der Waals surface area contributed by atoms with Crippen molar-refractivity contribution in [1.82, 2.24) is 9.21 Å². The topological polar surface area (TPSA) is 93.2 Å². The molecule has 8 nitrogen and oxygen atoms in total. The van der Waals surface area contributed by atoms with Gasteiger partial charge in [0.25, 0.3) is 15.9 Å². The number of carbonyl (C=O) groups is 2. The lowest BCUT2D eigenvalue weighted by molar-refractivity contribution is -0.166. The first-order valence-electron chi connectivity index (χ1n) is 10.6. The molecule has 2 aliphatic rings. The van der Waals surface area contributed by atoms with Crippen molar-refractivity contribution in [2.24, 2.45) is 5.92 Å². The average Bonchev–Trinajstić information content (AvgIpc) is 3.39. The van der Waals surface area contributed by atoms with Gasteiger partial charge in [-0.2, -0.15) is 4.31 Å². The third-order valence-corrected chi connectivity index (χ3v) is 9.03. The largest absolute Gasteiger partial charge is 0.447 e. The van der Waals surface area contributed by atoms with E-state index in [-0.39, 0.29) is 19.0 Å². The summed E-state index contributed by atoms with van der Waals surface area (Å²) in [5.41, 5.74) is 0.620. The van der Waals surface area contributed by atoms with E-state index in [0.29, 0.717) is 48.9 Å². The summed E-state index contributed by atoms with van der Waals surface area (Å²) in [6, 6.07) is 12.3. The lowest BCUT2D eigenvalue weighted by Crippen LogP contribution is -2.45. The smallest absolute Gasteiger partial charge is 0.310 e. The fourth-order valence-electron chi connectivity index (χ4n) is 3.92. The van der Waals surface area contributed by atoms with Gasteiger partial charge in [0.2, 0.25) is 6.10 Å². The van der Waals surface area contributed by atoms with Crippen molar-refractivity contribution in [2.45, 2.75) is 23.2 Å². The number of carbonyl (C=O) groups excluding carboxylic acids is 2. The molecule has 1 atom stereocenters. The SMILES string of the molecule is O=C(OC(C(=O)N1CCOCC1)c1ccccc1)C1CCN(S(=O)(=O)c2cccs2)CC1. The van der Waals surface area contributed by atoms with Gasteiger partial charge in [0.1, 0.15) is 4.21 Å². The van der Waals surface area contributed by atoms with Crippen molar-refractivity contribution in [1.29, 1.82) is 0 Å². The molecule has 0 aliphatic carbocycles.